The van der Waals surface area contributed by atoms with Gasteiger partial charge in [0.2, 0.25) is 0 Å². The van der Waals surface area contributed by atoms with Gasteiger partial charge in [0.25, 0.3) is 0 Å². The van der Waals surface area contributed by atoms with Gasteiger partial charge < -0.3 is 0 Å². The van der Waals surface area contributed by atoms with Crippen molar-refractivity contribution in [1.29, 1.82) is 0 Å². The quantitative estimate of drug-likeness (QED) is 0.756. The fourth-order valence-electron chi connectivity index (χ4n) is 1.44. The molecule has 0 bridgehead atoms. The first-order valence-corrected chi connectivity index (χ1v) is 6.08. The predicted molar refractivity (Wildman–Crippen MR) is 66.9 cm³/mol. The number of thiophene rings is 1. The number of hydrogen-bond acceptors (Lipinski definition) is 3. The van der Waals surface area contributed by atoms with Crippen molar-refractivity contribution in [3.05, 3.63) is 40.9 Å². The summed E-state index contributed by atoms with van der Waals surface area (Å²) in [4.78, 5) is 17.4. The van der Waals surface area contributed by atoms with E-state index in [0.29, 0.717) is 0 Å². The molecule has 0 radical (unpaired) electrons. The number of pyridine rings is 1. The number of carbonyl (C=O) groups is 1. The summed E-state index contributed by atoms with van der Waals surface area (Å²) in [6.07, 6.45) is 2.89. The molecule has 0 unspecified atom stereocenters. The van der Waals surface area contributed by atoms with E-state index in [4.69, 9.17) is 0 Å². The van der Waals surface area contributed by atoms with E-state index in [1.54, 1.807) is 6.92 Å². The molecule has 2 aromatic rings. The summed E-state index contributed by atoms with van der Waals surface area (Å²) in [5.74, 6) is 0.112. The maximum Gasteiger partial charge on any atom is 0.169 e. The molecule has 2 heterocycles. The molecule has 2 nitrogen and oxygen atoms in total. The summed E-state index contributed by atoms with van der Waals surface area (Å²) >= 11 is 1.50. The molecule has 0 fully saturated rings. The van der Waals surface area contributed by atoms with Crippen molar-refractivity contribution >= 4 is 17.1 Å². The average Bonchev–Trinajstić information content (AvgIpc) is 2.78. The molecular weight excluding hydrogens is 218 g/mol. The summed E-state index contributed by atoms with van der Waals surface area (Å²) in [6.45, 7) is 3.69. The Morgan fingerprint density at radius 2 is 2.12 bits per heavy atom. The van der Waals surface area contributed by atoms with Gasteiger partial charge >= 0.3 is 0 Å². The summed E-state index contributed by atoms with van der Waals surface area (Å²) in [7, 11) is 0. The van der Waals surface area contributed by atoms with Gasteiger partial charge in [-0.3, -0.25) is 9.78 Å². The van der Waals surface area contributed by atoms with Crippen molar-refractivity contribution in [2.75, 3.05) is 0 Å². The van der Waals surface area contributed by atoms with E-state index in [0.717, 1.165) is 21.9 Å². The zero-order valence-corrected chi connectivity index (χ0v) is 10.2. The van der Waals surface area contributed by atoms with Gasteiger partial charge in [-0.05, 0) is 37.1 Å². The van der Waals surface area contributed by atoms with Gasteiger partial charge in [0.15, 0.2) is 5.78 Å². The average molecular weight is 231 g/mol. The van der Waals surface area contributed by atoms with E-state index in [-0.39, 0.29) is 5.78 Å². The molecule has 0 aromatic carbocycles. The molecule has 3 heteroatoms. The molecule has 0 N–H and O–H groups in total. The lowest BCUT2D eigenvalue weighted by atomic mass is 10.2. The van der Waals surface area contributed by atoms with Crippen LogP contribution in [0.3, 0.4) is 0 Å². The van der Waals surface area contributed by atoms with Crippen LogP contribution in [0.5, 0.6) is 0 Å². The zero-order chi connectivity index (χ0) is 11.5. The first-order chi connectivity index (χ1) is 7.70. The molecule has 0 atom stereocenters. The second kappa shape index (κ2) is 4.58. The third-order valence-corrected chi connectivity index (χ3v) is 3.65. The Kier molecular flexibility index (Phi) is 3.15. The number of hydrogen-bond donors (Lipinski definition) is 0. The van der Waals surface area contributed by atoms with Gasteiger partial charge in [-0.1, -0.05) is 13.0 Å². The van der Waals surface area contributed by atoms with Crippen molar-refractivity contribution in [2.45, 2.75) is 20.3 Å². The van der Waals surface area contributed by atoms with Crippen LogP contribution in [0.1, 0.15) is 29.1 Å². The Bertz CT molecular complexity index is 499. The van der Waals surface area contributed by atoms with Crippen molar-refractivity contribution in [3.63, 3.8) is 0 Å². The first kappa shape index (κ1) is 11.0. The molecule has 0 amide bonds. The van der Waals surface area contributed by atoms with Crippen molar-refractivity contribution < 1.29 is 4.79 Å². The summed E-state index contributed by atoms with van der Waals surface area (Å²) in [6, 6.07) is 7.90. The van der Waals surface area contributed by atoms with Crippen LogP contribution in [0.25, 0.3) is 10.6 Å². The first-order valence-electron chi connectivity index (χ1n) is 5.26. The molecule has 0 saturated heterocycles. The Hall–Kier alpha value is -1.48. The molecule has 0 aliphatic carbocycles. The number of nitrogens with zero attached hydrogens (tertiary/aromatic N) is 1. The van der Waals surface area contributed by atoms with E-state index in [2.05, 4.69) is 18.0 Å². The number of carbonyl (C=O) groups excluding carboxylic acids is 1. The van der Waals surface area contributed by atoms with E-state index in [9.17, 15) is 4.79 Å². The van der Waals surface area contributed by atoms with Crippen LogP contribution in [-0.2, 0) is 6.42 Å². The van der Waals surface area contributed by atoms with Gasteiger partial charge in [0, 0.05) is 6.20 Å². The number of rotatable bonds is 3. The van der Waals surface area contributed by atoms with E-state index in [1.165, 1.54) is 16.9 Å². The standard InChI is InChI=1S/C13H13NOS/c1-3-10-4-5-11(14-8-10)13-7-6-12(16-13)9(2)15/h4-8H,3H2,1-2H3. The highest BCUT2D eigenvalue weighted by Crippen LogP contribution is 2.26. The molecule has 0 aliphatic rings. The minimum Gasteiger partial charge on any atom is -0.294 e. The highest BCUT2D eigenvalue weighted by Gasteiger charge is 2.06. The van der Waals surface area contributed by atoms with E-state index in [1.807, 2.05) is 24.4 Å². The molecule has 0 saturated carbocycles. The predicted octanol–water partition coefficient (Wildman–Crippen LogP) is 3.58. The van der Waals surface area contributed by atoms with Crippen molar-refractivity contribution in [3.8, 4) is 10.6 Å². The molecule has 0 spiro atoms. The fraction of sp³-hybridized carbons (Fsp3) is 0.231. The maximum absolute atomic E-state index is 11.2. The van der Waals surface area contributed by atoms with Gasteiger partial charge in [-0.25, -0.2) is 0 Å². The summed E-state index contributed by atoms with van der Waals surface area (Å²) in [5.41, 5.74) is 2.17. The maximum atomic E-state index is 11.2. The van der Waals surface area contributed by atoms with Crippen LogP contribution in [0, 0.1) is 0 Å². The summed E-state index contributed by atoms with van der Waals surface area (Å²) in [5, 5.41) is 0. The van der Waals surface area contributed by atoms with E-state index >= 15 is 0 Å². The third-order valence-electron chi connectivity index (χ3n) is 2.44. The monoisotopic (exact) mass is 231 g/mol. The Labute approximate surface area is 99.0 Å². The van der Waals surface area contributed by atoms with Crippen LogP contribution in [0.15, 0.2) is 30.5 Å². The Morgan fingerprint density at radius 3 is 2.62 bits per heavy atom. The van der Waals surface area contributed by atoms with Gasteiger partial charge in [-0.2, -0.15) is 0 Å². The SMILES string of the molecule is CCc1ccc(-c2ccc(C(C)=O)s2)nc1. The highest BCUT2D eigenvalue weighted by molar-refractivity contribution is 7.17. The lowest BCUT2D eigenvalue weighted by Gasteiger charge is -1.98. The van der Waals surface area contributed by atoms with Crippen LogP contribution in [0.4, 0.5) is 0 Å². The van der Waals surface area contributed by atoms with Gasteiger partial charge in [0.05, 0.1) is 15.4 Å². The van der Waals surface area contributed by atoms with Crippen LogP contribution >= 0.6 is 11.3 Å². The normalized spacial score (nSPS) is 10.4. The lowest BCUT2D eigenvalue weighted by molar-refractivity contribution is 0.102. The number of Topliss-reactive ketones (excluding diaryl/α,β-unsaturated/α-hetero) is 1. The minimum absolute atomic E-state index is 0.112. The third kappa shape index (κ3) is 2.19. The number of ketones is 1. The Balaban J connectivity index is 2.31. The summed E-state index contributed by atoms with van der Waals surface area (Å²) < 4.78 is 0. The number of aryl methyl sites for hydroxylation is 1. The van der Waals surface area contributed by atoms with Crippen molar-refractivity contribution in [2.24, 2.45) is 0 Å². The number of aromatic nitrogens is 1. The van der Waals surface area contributed by atoms with Crippen LogP contribution in [-0.4, -0.2) is 10.8 Å². The second-order valence-electron chi connectivity index (χ2n) is 3.63. The molecule has 2 aromatic heterocycles. The van der Waals surface area contributed by atoms with Gasteiger partial charge in [0.1, 0.15) is 0 Å². The molecule has 0 aliphatic heterocycles. The minimum atomic E-state index is 0.112. The van der Waals surface area contributed by atoms with E-state index < -0.39 is 0 Å². The van der Waals surface area contributed by atoms with Crippen molar-refractivity contribution in [1.82, 2.24) is 4.98 Å². The van der Waals surface area contributed by atoms with Gasteiger partial charge in [-0.15, -0.1) is 11.3 Å². The topological polar surface area (TPSA) is 30.0 Å². The molecule has 2 rings (SSSR count). The molecule has 16 heavy (non-hydrogen) atoms. The molecular formula is C13H13NOS. The smallest absolute Gasteiger partial charge is 0.169 e. The Morgan fingerprint density at radius 1 is 1.31 bits per heavy atom. The largest absolute Gasteiger partial charge is 0.294 e. The molecule has 82 valence electrons. The van der Waals surface area contributed by atoms with Crippen LogP contribution < -0.4 is 0 Å². The lowest BCUT2D eigenvalue weighted by Crippen LogP contribution is -1.85. The second-order valence-corrected chi connectivity index (χ2v) is 4.71. The van der Waals surface area contributed by atoms with Crippen LogP contribution in [0.2, 0.25) is 0 Å². The highest BCUT2D eigenvalue weighted by atomic mass is 32.1. The fourth-order valence-corrected chi connectivity index (χ4v) is 2.32. The zero-order valence-electron chi connectivity index (χ0n) is 9.36.